The first kappa shape index (κ1) is 17.3. The molecule has 0 amide bonds. The largest absolute Gasteiger partial charge is 0.311 e. The van der Waals surface area contributed by atoms with Crippen molar-refractivity contribution in [3.8, 4) is 0 Å². The van der Waals surface area contributed by atoms with Crippen LogP contribution >= 0.6 is 11.6 Å². The second-order valence-corrected chi connectivity index (χ2v) is 7.20. The number of nitrogens with zero attached hydrogens (tertiary/aromatic N) is 2. The van der Waals surface area contributed by atoms with Gasteiger partial charge in [0.1, 0.15) is 0 Å². The van der Waals surface area contributed by atoms with Gasteiger partial charge in [0.05, 0.1) is 16.4 Å². The fourth-order valence-corrected chi connectivity index (χ4v) is 2.43. The fraction of sp³-hybridized carbons (Fsp3) is 0.688. The summed E-state index contributed by atoms with van der Waals surface area (Å²) in [5.74, 6) is 0. The standard InChI is InChI=1S/C16H28ClN3/c1-8-12-14(17)13(20(7)19-12)10-16(6,9-2)11-18-15(3,4)5/h9,18H,2,8,10-11H2,1,3-7H3. The quantitative estimate of drug-likeness (QED) is 0.810. The van der Waals surface area contributed by atoms with Crippen LogP contribution in [0.4, 0.5) is 0 Å². The molecule has 3 nitrogen and oxygen atoms in total. The monoisotopic (exact) mass is 297 g/mol. The molecule has 1 atom stereocenters. The van der Waals surface area contributed by atoms with E-state index in [0.29, 0.717) is 0 Å². The van der Waals surface area contributed by atoms with Gasteiger partial charge in [-0.2, -0.15) is 5.10 Å². The van der Waals surface area contributed by atoms with E-state index in [-0.39, 0.29) is 11.0 Å². The van der Waals surface area contributed by atoms with Crippen molar-refractivity contribution in [1.82, 2.24) is 15.1 Å². The molecule has 0 saturated heterocycles. The minimum Gasteiger partial charge on any atom is -0.311 e. The number of aryl methyl sites for hydroxylation is 2. The van der Waals surface area contributed by atoms with E-state index in [1.54, 1.807) is 0 Å². The van der Waals surface area contributed by atoms with E-state index in [0.717, 1.165) is 35.8 Å². The Hall–Kier alpha value is -0.800. The molecule has 1 aromatic heterocycles. The maximum atomic E-state index is 6.44. The Morgan fingerprint density at radius 1 is 1.35 bits per heavy atom. The average Bonchev–Trinajstić information content (AvgIpc) is 2.63. The van der Waals surface area contributed by atoms with Crippen molar-refractivity contribution in [2.24, 2.45) is 12.5 Å². The highest BCUT2D eigenvalue weighted by molar-refractivity contribution is 6.31. The summed E-state index contributed by atoms with van der Waals surface area (Å²) in [7, 11) is 1.96. The Morgan fingerprint density at radius 3 is 2.35 bits per heavy atom. The lowest BCUT2D eigenvalue weighted by Gasteiger charge is -2.31. The summed E-state index contributed by atoms with van der Waals surface area (Å²) in [4.78, 5) is 0. The zero-order valence-corrected chi connectivity index (χ0v) is 14.4. The molecule has 0 spiro atoms. The minimum atomic E-state index is -0.0459. The minimum absolute atomic E-state index is 0.0459. The van der Waals surface area contributed by atoms with Gasteiger partial charge in [0.15, 0.2) is 0 Å². The molecular weight excluding hydrogens is 270 g/mol. The number of rotatable bonds is 6. The zero-order chi connectivity index (χ0) is 15.6. The van der Waals surface area contributed by atoms with E-state index < -0.39 is 0 Å². The summed E-state index contributed by atoms with van der Waals surface area (Å²) < 4.78 is 1.90. The van der Waals surface area contributed by atoms with Crippen molar-refractivity contribution >= 4 is 11.6 Å². The third-order valence-corrected chi connectivity index (χ3v) is 4.03. The van der Waals surface area contributed by atoms with E-state index >= 15 is 0 Å². The maximum Gasteiger partial charge on any atom is 0.0850 e. The molecule has 1 rings (SSSR count). The molecule has 1 N–H and O–H groups in total. The highest BCUT2D eigenvalue weighted by Gasteiger charge is 2.27. The van der Waals surface area contributed by atoms with Gasteiger partial charge in [-0.1, -0.05) is 31.5 Å². The van der Waals surface area contributed by atoms with Gasteiger partial charge in [0, 0.05) is 31.0 Å². The molecule has 0 aliphatic carbocycles. The SMILES string of the molecule is C=CC(C)(CNC(C)(C)C)Cc1c(Cl)c(CC)nn1C. The molecule has 0 aromatic carbocycles. The molecule has 0 saturated carbocycles. The Labute approximate surface area is 128 Å². The second kappa shape index (κ2) is 6.31. The normalized spacial score (nSPS) is 15.2. The summed E-state index contributed by atoms with van der Waals surface area (Å²) in [5, 5.41) is 8.84. The number of nitrogens with one attached hydrogen (secondary N) is 1. The Bertz CT molecular complexity index is 471. The highest BCUT2D eigenvalue weighted by Crippen LogP contribution is 2.29. The molecule has 1 aromatic rings. The lowest BCUT2D eigenvalue weighted by atomic mass is 9.84. The predicted molar refractivity (Wildman–Crippen MR) is 87.4 cm³/mol. The zero-order valence-electron chi connectivity index (χ0n) is 13.7. The van der Waals surface area contributed by atoms with Crippen molar-refractivity contribution in [3.63, 3.8) is 0 Å². The van der Waals surface area contributed by atoms with Crippen molar-refractivity contribution < 1.29 is 0 Å². The van der Waals surface area contributed by atoms with Crippen molar-refractivity contribution in [2.75, 3.05) is 6.54 Å². The summed E-state index contributed by atoms with van der Waals surface area (Å²) >= 11 is 6.44. The van der Waals surface area contributed by atoms with Crippen LogP contribution in [0.15, 0.2) is 12.7 Å². The Kier molecular flexibility index (Phi) is 5.45. The molecule has 1 heterocycles. The van der Waals surface area contributed by atoms with Crippen LogP contribution in [0.5, 0.6) is 0 Å². The molecule has 0 fully saturated rings. The number of halogens is 1. The molecule has 0 bridgehead atoms. The average molecular weight is 298 g/mol. The van der Waals surface area contributed by atoms with Gasteiger partial charge >= 0.3 is 0 Å². The first-order chi connectivity index (χ1) is 9.12. The molecule has 20 heavy (non-hydrogen) atoms. The smallest absolute Gasteiger partial charge is 0.0850 e. The first-order valence-corrected chi connectivity index (χ1v) is 7.58. The van der Waals surface area contributed by atoms with Crippen LogP contribution in [0, 0.1) is 5.41 Å². The number of aromatic nitrogens is 2. The third kappa shape index (κ3) is 4.35. The van der Waals surface area contributed by atoms with E-state index in [1.165, 1.54) is 0 Å². The van der Waals surface area contributed by atoms with Crippen LogP contribution in [-0.2, 0) is 19.9 Å². The van der Waals surface area contributed by atoms with Gasteiger partial charge in [-0.3, -0.25) is 4.68 Å². The molecule has 114 valence electrons. The van der Waals surface area contributed by atoms with Crippen molar-refractivity contribution in [1.29, 1.82) is 0 Å². The van der Waals surface area contributed by atoms with Gasteiger partial charge in [0.25, 0.3) is 0 Å². The fourth-order valence-electron chi connectivity index (χ4n) is 2.07. The van der Waals surface area contributed by atoms with Gasteiger partial charge in [-0.25, -0.2) is 0 Å². The van der Waals surface area contributed by atoms with Gasteiger partial charge in [0.2, 0.25) is 0 Å². The topological polar surface area (TPSA) is 29.9 Å². The highest BCUT2D eigenvalue weighted by atomic mass is 35.5. The maximum absolute atomic E-state index is 6.44. The van der Waals surface area contributed by atoms with Crippen molar-refractivity contribution in [2.45, 2.75) is 53.0 Å². The van der Waals surface area contributed by atoms with Crippen LogP contribution in [-0.4, -0.2) is 21.9 Å². The van der Waals surface area contributed by atoms with E-state index in [9.17, 15) is 0 Å². The third-order valence-electron chi connectivity index (χ3n) is 3.59. The second-order valence-electron chi connectivity index (χ2n) is 6.82. The van der Waals surface area contributed by atoms with Crippen LogP contribution in [0.2, 0.25) is 5.02 Å². The van der Waals surface area contributed by atoms with E-state index in [4.69, 9.17) is 11.6 Å². The lowest BCUT2D eigenvalue weighted by molar-refractivity contribution is 0.318. The predicted octanol–water partition coefficient (Wildman–Crippen LogP) is 3.76. The van der Waals surface area contributed by atoms with E-state index in [2.05, 4.69) is 51.6 Å². The number of hydrogen-bond acceptors (Lipinski definition) is 2. The van der Waals surface area contributed by atoms with Gasteiger partial charge < -0.3 is 5.32 Å². The number of hydrogen-bond donors (Lipinski definition) is 1. The van der Waals surface area contributed by atoms with E-state index in [1.807, 2.05) is 17.8 Å². The molecule has 0 aliphatic rings. The molecule has 0 radical (unpaired) electrons. The Balaban J connectivity index is 2.93. The van der Waals surface area contributed by atoms with Gasteiger partial charge in [-0.15, -0.1) is 6.58 Å². The van der Waals surface area contributed by atoms with Crippen molar-refractivity contribution in [3.05, 3.63) is 29.1 Å². The van der Waals surface area contributed by atoms with Crippen LogP contribution in [0.25, 0.3) is 0 Å². The molecule has 1 unspecified atom stereocenters. The summed E-state index contributed by atoms with van der Waals surface area (Å²) in [5.41, 5.74) is 2.10. The lowest BCUT2D eigenvalue weighted by Crippen LogP contribution is -2.43. The van der Waals surface area contributed by atoms with Gasteiger partial charge in [-0.05, 0) is 27.2 Å². The Morgan fingerprint density at radius 2 is 1.95 bits per heavy atom. The first-order valence-electron chi connectivity index (χ1n) is 7.21. The summed E-state index contributed by atoms with van der Waals surface area (Å²) in [6.07, 6.45) is 3.71. The molecular formula is C16H28ClN3. The summed E-state index contributed by atoms with van der Waals surface area (Å²) in [6, 6.07) is 0. The molecule has 0 aliphatic heterocycles. The molecule has 4 heteroatoms. The van der Waals surface area contributed by atoms with Crippen LogP contribution in [0.3, 0.4) is 0 Å². The van der Waals surface area contributed by atoms with Crippen LogP contribution < -0.4 is 5.32 Å². The summed E-state index contributed by atoms with van der Waals surface area (Å²) in [6.45, 7) is 15.7. The van der Waals surface area contributed by atoms with Crippen LogP contribution in [0.1, 0.15) is 46.0 Å².